The van der Waals surface area contributed by atoms with Gasteiger partial charge in [0.1, 0.15) is 36.6 Å². The monoisotopic (exact) mass is 706 g/mol. The maximum absolute atomic E-state index is 11.3. The molecule has 4 heterocycles. The standard InChI is InChI=1S/C39H62O11/c1-18-12-15-39(45-17-18)19(2)28-26(50-39)16-25-23-11-10-22-8-7-9-27(38(22,6)24(23)13-14-37(25,28)5)48-36-34(32(43)30(41)21(4)47-36)49-35-33(44)31(42)29(40)20(3)46-35/h10,18-21,23-36,40-44H,7-9,11-17H2,1-6H3. The zero-order valence-electron chi connectivity index (χ0n) is 30.7. The van der Waals surface area contributed by atoms with Gasteiger partial charge in [-0.05, 0) is 100 Å². The molecule has 0 radical (unpaired) electrons. The van der Waals surface area contributed by atoms with E-state index >= 15 is 0 Å². The molecular weight excluding hydrogens is 644 g/mol. The summed E-state index contributed by atoms with van der Waals surface area (Å²) in [6, 6.07) is 0. The van der Waals surface area contributed by atoms with Crippen LogP contribution in [0.2, 0.25) is 0 Å². The second-order valence-electron chi connectivity index (χ2n) is 18.1. The van der Waals surface area contributed by atoms with Crippen LogP contribution in [-0.4, -0.2) is 112 Å². The lowest BCUT2D eigenvalue weighted by atomic mass is 9.46. The van der Waals surface area contributed by atoms with Crippen molar-refractivity contribution in [2.75, 3.05) is 6.61 Å². The van der Waals surface area contributed by atoms with Crippen LogP contribution in [0.3, 0.4) is 0 Å². The Labute approximate surface area is 297 Å². The maximum atomic E-state index is 11.3. The average molecular weight is 707 g/mol. The van der Waals surface area contributed by atoms with Gasteiger partial charge in [0.25, 0.3) is 0 Å². The first-order valence-electron chi connectivity index (χ1n) is 19.7. The number of hydrogen-bond donors (Lipinski definition) is 5. The van der Waals surface area contributed by atoms with Gasteiger partial charge >= 0.3 is 0 Å². The van der Waals surface area contributed by atoms with E-state index in [0.29, 0.717) is 35.5 Å². The first kappa shape index (κ1) is 36.3. The number of aliphatic hydroxyl groups is 5. The maximum Gasteiger partial charge on any atom is 0.187 e. The molecule has 0 aromatic carbocycles. The van der Waals surface area contributed by atoms with E-state index in [2.05, 4.69) is 33.8 Å². The number of rotatable bonds is 4. The van der Waals surface area contributed by atoms with Crippen molar-refractivity contribution < 1.29 is 54.0 Å². The van der Waals surface area contributed by atoms with Crippen LogP contribution >= 0.6 is 0 Å². The van der Waals surface area contributed by atoms with Crippen LogP contribution in [0.5, 0.6) is 0 Å². The Hall–Kier alpha value is -0.700. The molecule has 11 heteroatoms. The molecule has 4 aliphatic carbocycles. The molecule has 21 unspecified atom stereocenters. The quantitative estimate of drug-likeness (QED) is 0.273. The van der Waals surface area contributed by atoms with Crippen LogP contribution in [0, 0.1) is 46.3 Å². The number of allylic oxidation sites excluding steroid dienone is 1. The molecule has 1 spiro atoms. The Morgan fingerprint density at radius 2 is 1.50 bits per heavy atom. The molecule has 0 aromatic heterocycles. The fourth-order valence-corrected chi connectivity index (χ4v) is 12.6. The summed E-state index contributed by atoms with van der Waals surface area (Å²) in [4.78, 5) is 0. The van der Waals surface area contributed by atoms with Gasteiger partial charge in [-0.2, -0.15) is 0 Å². The molecule has 11 nitrogen and oxygen atoms in total. The lowest BCUT2D eigenvalue weighted by Gasteiger charge is -2.60. The third-order valence-corrected chi connectivity index (χ3v) is 15.6. The van der Waals surface area contributed by atoms with Gasteiger partial charge in [0.2, 0.25) is 0 Å². The van der Waals surface area contributed by atoms with Crippen LogP contribution < -0.4 is 0 Å². The van der Waals surface area contributed by atoms with Gasteiger partial charge < -0.3 is 54.0 Å². The minimum atomic E-state index is -1.57. The van der Waals surface area contributed by atoms with E-state index < -0.39 is 67.2 Å². The lowest BCUT2D eigenvalue weighted by molar-refractivity contribution is -0.371. The topological polar surface area (TPSA) is 157 Å². The molecule has 8 rings (SSSR count). The van der Waals surface area contributed by atoms with Crippen molar-refractivity contribution in [3.63, 3.8) is 0 Å². The lowest BCUT2D eigenvalue weighted by Crippen LogP contribution is -2.64. The number of hydrogen-bond acceptors (Lipinski definition) is 11. The van der Waals surface area contributed by atoms with Crippen molar-refractivity contribution in [1.29, 1.82) is 0 Å². The summed E-state index contributed by atoms with van der Waals surface area (Å²) in [5.74, 6) is 2.47. The van der Waals surface area contributed by atoms with E-state index in [1.807, 2.05) is 0 Å². The van der Waals surface area contributed by atoms with E-state index in [4.69, 9.17) is 28.4 Å². The molecule has 284 valence electrons. The third-order valence-electron chi connectivity index (χ3n) is 15.6. The second kappa shape index (κ2) is 13.0. The van der Waals surface area contributed by atoms with Gasteiger partial charge in [0.05, 0.1) is 31.0 Å². The minimum absolute atomic E-state index is 0.186. The van der Waals surface area contributed by atoms with Crippen LogP contribution in [0.15, 0.2) is 11.6 Å². The van der Waals surface area contributed by atoms with Crippen molar-refractivity contribution in [2.24, 2.45) is 46.3 Å². The van der Waals surface area contributed by atoms with E-state index in [1.165, 1.54) is 5.57 Å². The third kappa shape index (κ3) is 5.38. The summed E-state index contributed by atoms with van der Waals surface area (Å²) in [5, 5.41) is 53.6. The predicted molar refractivity (Wildman–Crippen MR) is 180 cm³/mol. The summed E-state index contributed by atoms with van der Waals surface area (Å²) in [6.07, 6.45) is -0.256. The van der Waals surface area contributed by atoms with Crippen molar-refractivity contribution in [3.8, 4) is 0 Å². The molecule has 5 N–H and O–H groups in total. The highest BCUT2D eigenvalue weighted by Gasteiger charge is 2.69. The van der Waals surface area contributed by atoms with Crippen molar-refractivity contribution in [3.05, 3.63) is 11.6 Å². The summed E-state index contributed by atoms with van der Waals surface area (Å²) in [6.45, 7) is 13.6. The number of fused-ring (bicyclic) bond motifs is 7. The van der Waals surface area contributed by atoms with Crippen molar-refractivity contribution >= 4 is 0 Å². The van der Waals surface area contributed by atoms with E-state index in [-0.39, 0.29) is 23.0 Å². The van der Waals surface area contributed by atoms with E-state index in [9.17, 15) is 25.5 Å². The Morgan fingerprint density at radius 1 is 0.780 bits per heavy atom. The molecule has 0 amide bonds. The van der Waals surface area contributed by atoms with Crippen LogP contribution in [0.4, 0.5) is 0 Å². The molecule has 0 aromatic rings. The molecule has 4 saturated heterocycles. The zero-order chi connectivity index (χ0) is 35.5. The molecule has 4 aliphatic heterocycles. The van der Waals surface area contributed by atoms with Crippen LogP contribution in [0.25, 0.3) is 0 Å². The summed E-state index contributed by atoms with van der Waals surface area (Å²) in [7, 11) is 0. The highest BCUT2D eigenvalue weighted by atomic mass is 16.8. The van der Waals surface area contributed by atoms with Gasteiger partial charge in [0, 0.05) is 17.8 Å². The highest BCUT2D eigenvalue weighted by molar-refractivity contribution is 5.28. The van der Waals surface area contributed by atoms with Crippen LogP contribution in [0.1, 0.15) is 99.3 Å². The van der Waals surface area contributed by atoms with Crippen molar-refractivity contribution in [1.82, 2.24) is 0 Å². The largest absolute Gasteiger partial charge is 0.388 e. The van der Waals surface area contributed by atoms with E-state index in [1.54, 1.807) is 13.8 Å². The van der Waals surface area contributed by atoms with E-state index in [0.717, 1.165) is 64.4 Å². The molecule has 8 aliphatic rings. The smallest absolute Gasteiger partial charge is 0.187 e. The Morgan fingerprint density at radius 3 is 2.22 bits per heavy atom. The zero-order valence-corrected chi connectivity index (χ0v) is 30.7. The highest BCUT2D eigenvalue weighted by Crippen LogP contribution is 2.71. The molecule has 50 heavy (non-hydrogen) atoms. The minimum Gasteiger partial charge on any atom is -0.388 e. The predicted octanol–water partition coefficient (Wildman–Crippen LogP) is 3.42. The van der Waals surface area contributed by atoms with Gasteiger partial charge in [-0.3, -0.25) is 0 Å². The van der Waals surface area contributed by atoms with Crippen LogP contribution in [-0.2, 0) is 28.4 Å². The summed E-state index contributed by atoms with van der Waals surface area (Å²) in [5.41, 5.74) is 1.39. The van der Waals surface area contributed by atoms with Gasteiger partial charge in [-0.25, -0.2) is 0 Å². The summed E-state index contributed by atoms with van der Waals surface area (Å²) >= 11 is 0. The molecule has 0 bridgehead atoms. The van der Waals surface area contributed by atoms with Crippen molar-refractivity contribution in [2.45, 2.75) is 179 Å². The fourth-order valence-electron chi connectivity index (χ4n) is 12.6. The Balaban J connectivity index is 1.03. The first-order valence-corrected chi connectivity index (χ1v) is 19.7. The SMILES string of the molecule is CC1CCC2(OC1)OC1CC3C4CC=C5CCCC(OC6OC(C)C(O)C(O)C6OC6OC(C)C(O)C(O)C6O)C5(C)C4CCC3(C)C1C2C. The Kier molecular flexibility index (Phi) is 9.41. The molecule has 21 atom stereocenters. The Bertz CT molecular complexity index is 1290. The molecular formula is C39H62O11. The second-order valence-corrected chi connectivity index (χ2v) is 18.1. The van der Waals surface area contributed by atoms with Gasteiger partial charge in [-0.15, -0.1) is 0 Å². The van der Waals surface area contributed by atoms with Gasteiger partial charge in [0.15, 0.2) is 18.4 Å². The average Bonchev–Trinajstić information content (AvgIpc) is 3.54. The molecule has 3 saturated carbocycles. The number of aliphatic hydroxyl groups excluding tert-OH is 5. The first-order chi connectivity index (χ1) is 23.7. The number of ether oxygens (including phenoxy) is 6. The van der Waals surface area contributed by atoms with Gasteiger partial charge in [-0.1, -0.05) is 39.3 Å². The fraction of sp³-hybridized carbons (Fsp3) is 0.949. The normalized spacial score (nSPS) is 59.3. The summed E-state index contributed by atoms with van der Waals surface area (Å²) < 4.78 is 38.6. The molecule has 7 fully saturated rings.